The van der Waals surface area contributed by atoms with Crippen LogP contribution in [0.2, 0.25) is 5.02 Å². The van der Waals surface area contributed by atoms with Gasteiger partial charge in [-0.3, -0.25) is 4.79 Å². The molecule has 0 fully saturated rings. The zero-order valence-electron chi connectivity index (χ0n) is 11.9. The molecule has 0 aliphatic heterocycles. The minimum Gasteiger partial charge on any atom is -0.496 e. The number of methoxy groups -OCH3 is 1. The Balaban J connectivity index is 2.78. The van der Waals surface area contributed by atoms with E-state index < -0.39 is 0 Å². The molecule has 4 nitrogen and oxygen atoms in total. The number of likely N-dealkylation sites (N-methyl/N-ethyl adjacent to an activating group) is 2. The second-order valence-electron chi connectivity index (χ2n) is 4.60. The van der Waals surface area contributed by atoms with E-state index in [0.29, 0.717) is 18.1 Å². The number of quaternary nitrogens is 1. The average molecular weight is 286 g/mol. The number of benzene rings is 1. The number of amides is 1. The molecule has 0 heterocycles. The van der Waals surface area contributed by atoms with Gasteiger partial charge in [0.15, 0.2) is 6.04 Å². The van der Waals surface area contributed by atoms with Gasteiger partial charge in [0.05, 0.1) is 14.2 Å². The normalized spacial score (nSPS) is 13.7. The van der Waals surface area contributed by atoms with Gasteiger partial charge in [-0.15, -0.1) is 0 Å². The van der Waals surface area contributed by atoms with E-state index in [1.54, 1.807) is 13.2 Å². The topological polar surface area (TPSA) is 42.8 Å². The molecule has 0 aromatic heterocycles. The highest BCUT2D eigenvalue weighted by molar-refractivity contribution is 6.30. The van der Waals surface area contributed by atoms with Gasteiger partial charge in [-0.2, -0.15) is 0 Å². The summed E-state index contributed by atoms with van der Waals surface area (Å²) in [5, 5.41) is 3.51. The summed E-state index contributed by atoms with van der Waals surface area (Å²) in [7, 11) is 3.62. The zero-order valence-corrected chi connectivity index (χ0v) is 12.7. The second kappa shape index (κ2) is 7.36. The number of ether oxygens (including phenoxy) is 1. The van der Waals surface area contributed by atoms with Crippen LogP contribution < -0.4 is 15.0 Å². The zero-order chi connectivity index (χ0) is 14.4. The van der Waals surface area contributed by atoms with E-state index in [1.165, 1.54) is 0 Å². The van der Waals surface area contributed by atoms with Gasteiger partial charge in [0.25, 0.3) is 5.91 Å². The van der Waals surface area contributed by atoms with Crippen molar-refractivity contribution in [1.82, 2.24) is 5.32 Å². The maximum atomic E-state index is 11.8. The Morgan fingerprint density at radius 2 is 2.21 bits per heavy atom. The van der Waals surface area contributed by atoms with Crippen LogP contribution in [0.1, 0.15) is 19.4 Å². The molecule has 0 saturated carbocycles. The van der Waals surface area contributed by atoms with Crippen molar-refractivity contribution in [3.8, 4) is 5.75 Å². The molecule has 0 aliphatic carbocycles. The molecule has 0 bridgehead atoms. The molecule has 19 heavy (non-hydrogen) atoms. The predicted octanol–water partition coefficient (Wildman–Crippen LogP) is 0.888. The third-order valence-electron chi connectivity index (χ3n) is 3.20. The molecule has 0 spiro atoms. The second-order valence-corrected chi connectivity index (χ2v) is 5.03. The van der Waals surface area contributed by atoms with Crippen LogP contribution >= 0.6 is 11.6 Å². The Morgan fingerprint density at radius 3 is 2.79 bits per heavy atom. The van der Waals surface area contributed by atoms with Gasteiger partial charge in [-0.1, -0.05) is 11.6 Å². The molecule has 0 radical (unpaired) electrons. The van der Waals surface area contributed by atoms with Gasteiger partial charge < -0.3 is 15.0 Å². The van der Waals surface area contributed by atoms with Gasteiger partial charge in [-0.25, -0.2) is 0 Å². The number of halogens is 1. The van der Waals surface area contributed by atoms with Crippen LogP contribution in [-0.2, 0) is 11.3 Å². The van der Waals surface area contributed by atoms with Crippen LogP contribution in [0.25, 0.3) is 0 Å². The standard InChI is InChI=1S/C14H21ClN2O2/c1-5-16-14(18)10(2)17(3)9-11-8-12(15)6-7-13(11)19-4/h6-8,10H,5,9H2,1-4H3,(H,16,18)/p+1/t10-/m0/s1. The summed E-state index contributed by atoms with van der Waals surface area (Å²) in [4.78, 5) is 12.9. The summed E-state index contributed by atoms with van der Waals surface area (Å²) >= 11 is 6.00. The van der Waals surface area contributed by atoms with Crippen LogP contribution in [0.15, 0.2) is 18.2 Å². The highest BCUT2D eigenvalue weighted by atomic mass is 35.5. The lowest BCUT2D eigenvalue weighted by molar-refractivity contribution is -0.908. The molecule has 2 atom stereocenters. The lowest BCUT2D eigenvalue weighted by Gasteiger charge is -2.21. The summed E-state index contributed by atoms with van der Waals surface area (Å²) in [6, 6.07) is 5.41. The van der Waals surface area contributed by atoms with E-state index in [0.717, 1.165) is 16.2 Å². The highest BCUT2D eigenvalue weighted by Crippen LogP contribution is 2.21. The largest absolute Gasteiger partial charge is 0.496 e. The van der Waals surface area contributed by atoms with Crippen LogP contribution in [0.3, 0.4) is 0 Å². The molecule has 1 aromatic carbocycles. The number of carbonyl (C=O) groups is 1. The molecule has 1 amide bonds. The molecular weight excluding hydrogens is 264 g/mol. The Morgan fingerprint density at radius 1 is 1.53 bits per heavy atom. The van der Waals surface area contributed by atoms with Crippen molar-refractivity contribution in [2.45, 2.75) is 26.4 Å². The van der Waals surface area contributed by atoms with Crippen molar-refractivity contribution >= 4 is 17.5 Å². The quantitative estimate of drug-likeness (QED) is 0.815. The first-order valence-corrected chi connectivity index (χ1v) is 6.79. The lowest BCUT2D eigenvalue weighted by atomic mass is 10.1. The Labute approximate surface area is 119 Å². The van der Waals surface area contributed by atoms with Crippen molar-refractivity contribution in [2.24, 2.45) is 0 Å². The SMILES string of the molecule is CCNC(=O)[C@H](C)[NH+](C)Cc1cc(Cl)ccc1OC. The summed E-state index contributed by atoms with van der Waals surface area (Å²) in [6.45, 7) is 5.16. The molecule has 1 aromatic rings. The Kier molecular flexibility index (Phi) is 6.12. The molecule has 0 aliphatic rings. The number of hydrogen-bond acceptors (Lipinski definition) is 2. The van der Waals surface area contributed by atoms with Crippen LogP contribution in [0.5, 0.6) is 5.75 Å². The minimum absolute atomic E-state index is 0.0565. The van der Waals surface area contributed by atoms with Crippen LogP contribution in [-0.4, -0.2) is 32.7 Å². The third-order valence-corrected chi connectivity index (χ3v) is 3.43. The summed E-state index contributed by atoms with van der Waals surface area (Å²) in [5.41, 5.74) is 1.00. The highest BCUT2D eigenvalue weighted by Gasteiger charge is 2.22. The fraction of sp³-hybridized carbons (Fsp3) is 0.500. The molecule has 106 valence electrons. The van der Waals surface area contributed by atoms with Gasteiger partial charge in [-0.05, 0) is 32.0 Å². The molecular formula is C14H22ClN2O2+. The van der Waals surface area contributed by atoms with Crippen molar-refractivity contribution < 1.29 is 14.4 Å². The van der Waals surface area contributed by atoms with Crippen LogP contribution in [0.4, 0.5) is 0 Å². The fourth-order valence-electron chi connectivity index (χ4n) is 1.89. The van der Waals surface area contributed by atoms with Crippen molar-refractivity contribution in [1.29, 1.82) is 0 Å². The van der Waals surface area contributed by atoms with Crippen LogP contribution in [0, 0.1) is 0 Å². The maximum absolute atomic E-state index is 11.8. The molecule has 1 rings (SSSR count). The lowest BCUT2D eigenvalue weighted by Crippen LogP contribution is -3.12. The summed E-state index contributed by atoms with van der Waals surface area (Å²) in [6.07, 6.45) is 0. The minimum atomic E-state index is -0.122. The average Bonchev–Trinajstić information content (AvgIpc) is 2.38. The molecule has 5 heteroatoms. The van der Waals surface area contributed by atoms with E-state index in [1.807, 2.05) is 33.0 Å². The van der Waals surface area contributed by atoms with E-state index >= 15 is 0 Å². The van der Waals surface area contributed by atoms with E-state index in [-0.39, 0.29) is 11.9 Å². The van der Waals surface area contributed by atoms with E-state index in [9.17, 15) is 4.79 Å². The Bertz CT molecular complexity index is 437. The maximum Gasteiger partial charge on any atom is 0.278 e. The fourth-order valence-corrected chi connectivity index (χ4v) is 2.08. The summed E-state index contributed by atoms with van der Waals surface area (Å²) < 4.78 is 5.32. The monoisotopic (exact) mass is 285 g/mol. The molecule has 1 unspecified atom stereocenters. The van der Waals surface area contributed by atoms with E-state index in [4.69, 9.17) is 16.3 Å². The van der Waals surface area contributed by atoms with Crippen molar-refractivity contribution in [3.63, 3.8) is 0 Å². The first kappa shape index (κ1) is 15.8. The van der Waals surface area contributed by atoms with Crippen molar-refractivity contribution in [3.05, 3.63) is 28.8 Å². The van der Waals surface area contributed by atoms with Crippen molar-refractivity contribution in [2.75, 3.05) is 20.7 Å². The molecule has 2 N–H and O–H groups in total. The number of rotatable bonds is 6. The van der Waals surface area contributed by atoms with Gasteiger partial charge in [0, 0.05) is 17.1 Å². The summed E-state index contributed by atoms with van der Waals surface area (Å²) in [5.74, 6) is 0.854. The van der Waals surface area contributed by atoms with Gasteiger partial charge in [0.2, 0.25) is 0 Å². The van der Waals surface area contributed by atoms with Gasteiger partial charge >= 0.3 is 0 Å². The number of carbonyl (C=O) groups excluding carboxylic acids is 1. The van der Waals surface area contributed by atoms with Gasteiger partial charge in [0.1, 0.15) is 12.3 Å². The predicted molar refractivity (Wildman–Crippen MR) is 76.7 cm³/mol. The smallest absolute Gasteiger partial charge is 0.278 e. The molecule has 0 saturated heterocycles. The Hall–Kier alpha value is -1.26. The first-order valence-electron chi connectivity index (χ1n) is 6.42. The first-order chi connectivity index (χ1) is 8.99. The number of nitrogens with one attached hydrogen (secondary N) is 2. The third kappa shape index (κ3) is 4.40. The number of hydrogen-bond donors (Lipinski definition) is 2. The van der Waals surface area contributed by atoms with E-state index in [2.05, 4.69) is 5.32 Å².